The van der Waals surface area contributed by atoms with Gasteiger partial charge in [-0.15, -0.1) is 0 Å². The molecule has 3 aromatic carbocycles. The van der Waals surface area contributed by atoms with Crippen molar-refractivity contribution in [2.45, 2.75) is 0 Å². The largest absolute Gasteiger partial charge is 0.451 e. The summed E-state index contributed by atoms with van der Waals surface area (Å²) in [7, 11) is 0. The highest BCUT2D eigenvalue weighted by Gasteiger charge is 2.13. The first-order chi connectivity index (χ1) is 12.7. The molecule has 5 nitrogen and oxygen atoms in total. The van der Waals surface area contributed by atoms with E-state index < -0.39 is 5.97 Å². The second-order valence-corrected chi connectivity index (χ2v) is 5.96. The molecule has 0 spiro atoms. The molecular weight excluding hydrogens is 328 g/mol. The van der Waals surface area contributed by atoms with Gasteiger partial charge in [-0.05, 0) is 35.0 Å². The summed E-state index contributed by atoms with van der Waals surface area (Å²) in [5.74, 6) is -0.945. The Kier molecular flexibility index (Phi) is 4.11. The number of hydrogen-bond donors (Lipinski definition) is 2. The molecule has 1 amide bonds. The molecule has 2 N–H and O–H groups in total. The maximum Gasteiger partial charge on any atom is 0.355 e. The quantitative estimate of drug-likeness (QED) is 0.547. The highest BCUT2D eigenvalue weighted by Crippen LogP contribution is 2.19. The van der Waals surface area contributed by atoms with Crippen LogP contribution in [0.15, 0.2) is 72.8 Å². The number of fused-ring (bicyclic) bond motifs is 2. The maximum absolute atomic E-state index is 12.1. The molecule has 26 heavy (non-hydrogen) atoms. The lowest BCUT2D eigenvalue weighted by atomic mass is 10.1. The minimum absolute atomic E-state index is 0.324. The average molecular weight is 344 g/mol. The first-order valence-electron chi connectivity index (χ1n) is 8.22. The second-order valence-electron chi connectivity index (χ2n) is 5.96. The molecule has 1 aromatic heterocycles. The number of carbonyl (C=O) groups is 2. The van der Waals surface area contributed by atoms with E-state index in [4.69, 9.17) is 4.74 Å². The molecule has 0 atom stereocenters. The summed E-state index contributed by atoms with van der Waals surface area (Å²) in [6, 6.07) is 22.8. The monoisotopic (exact) mass is 344 g/mol. The SMILES string of the molecule is O=C(COC(=O)c1cc2ccccc2[nH]1)Nc1ccc2ccccc2c1. The van der Waals surface area contributed by atoms with Crippen molar-refractivity contribution in [3.05, 3.63) is 78.5 Å². The molecule has 4 rings (SSSR count). The van der Waals surface area contributed by atoms with E-state index in [-0.39, 0.29) is 12.5 Å². The number of amides is 1. The van der Waals surface area contributed by atoms with Gasteiger partial charge in [0.25, 0.3) is 5.91 Å². The van der Waals surface area contributed by atoms with Gasteiger partial charge in [-0.1, -0.05) is 48.5 Å². The van der Waals surface area contributed by atoms with E-state index in [1.54, 1.807) is 6.07 Å². The van der Waals surface area contributed by atoms with Crippen molar-refractivity contribution in [3.8, 4) is 0 Å². The molecule has 0 bridgehead atoms. The molecule has 128 valence electrons. The van der Waals surface area contributed by atoms with Crippen LogP contribution in [0.4, 0.5) is 5.69 Å². The third-order valence-corrected chi connectivity index (χ3v) is 4.12. The Labute approximate surface area is 149 Å². The number of ether oxygens (including phenoxy) is 1. The number of carbonyl (C=O) groups excluding carboxylic acids is 2. The van der Waals surface area contributed by atoms with Gasteiger partial charge in [-0.2, -0.15) is 0 Å². The highest BCUT2D eigenvalue weighted by atomic mass is 16.5. The van der Waals surface area contributed by atoms with Crippen LogP contribution in [0.1, 0.15) is 10.5 Å². The Hall–Kier alpha value is -3.60. The van der Waals surface area contributed by atoms with Crippen molar-refractivity contribution < 1.29 is 14.3 Å². The van der Waals surface area contributed by atoms with E-state index in [1.165, 1.54) is 0 Å². The van der Waals surface area contributed by atoms with Crippen molar-refractivity contribution >= 4 is 39.2 Å². The van der Waals surface area contributed by atoms with Crippen LogP contribution in [0.3, 0.4) is 0 Å². The van der Waals surface area contributed by atoms with E-state index in [1.807, 2.05) is 66.7 Å². The molecule has 0 fully saturated rings. The number of esters is 1. The molecule has 0 radical (unpaired) electrons. The van der Waals surface area contributed by atoms with Gasteiger partial charge in [-0.3, -0.25) is 4.79 Å². The third kappa shape index (κ3) is 3.28. The highest BCUT2D eigenvalue weighted by molar-refractivity contribution is 5.98. The summed E-state index contributed by atoms with van der Waals surface area (Å²) in [5, 5.41) is 5.78. The number of nitrogens with one attached hydrogen (secondary N) is 2. The van der Waals surface area contributed by atoms with E-state index in [0.717, 1.165) is 21.7 Å². The Morgan fingerprint density at radius 3 is 2.38 bits per heavy atom. The fourth-order valence-electron chi connectivity index (χ4n) is 2.86. The van der Waals surface area contributed by atoms with Gasteiger partial charge in [0.15, 0.2) is 6.61 Å². The number of para-hydroxylation sites is 1. The van der Waals surface area contributed by atoms with Gasteiger partial charge in [0.2, 0.25) is 0 Å². The number of benzene rings is 3. The molecule has 4 aromatic rings. The molecule has 0 aliphatic rings. The molecule has 0 saturated heterocycles. The molecule has 0 saturated carbocycles. The summed E-state index contributed by atoms with van der Waals surface area (Å²) in [6.07, 6.45) is 0. The standard InChI is InChI=1S/C21H16N2O3/c24-20(22-17-10-9-14-5-1-2-6-15(14)11-17)13-26-21(25)19-12-16-7-3-4-8-18(16)23-19/h1-12,23H,13H2,(H,22,24). The van der Waals surface area contributed by atoms with Crippen molar-refractivity contribution in [2.75, 3.05) is 11.9 Å². The van der Waals surface area contributed by atoms with Crippen molar-refractivity contribution in [1.29, 1.82) is 0 Å². The van der Waals surface area contributed by atoms with Gasteiger partial charge < -0.3 is 15.0 Å². The van der Waals surface area contributed by atoms with Crippen molar-refractivity contribution in [1.82, 2.24) is 4.98 Å². The normalized spacial score (nSPS) is 10.8. The van der Waals surface area contributed by atoms with Crippen molar-refractivity contribution in [2.24, 2.45) is 0 Å². The predicted molar refractivity (Wildman–Crippen MR) is 101 cm³/mol. The predicted octanol–water partition coefficient (Wildman–Crippen LogP) is 4.12. The van der Waals surface area contributed by atoms with Crippen molar-refractivity contribution in [3.63, 3.8) is 0 Å². The van der Waals surface area contributed by atoms with Gasteiger partial charge in [0.1, 0.15) is 5.69 Å². The molecule has 5 heteroatoms. The molecular formula is C21H16N2O3. The van der Waals surface area contributed by atoms with Gasteiger partial charge >= 0.3 is 5.97 Å². The Morgan fingerprint density at radius 1 is 0.846 bits per heavy atom. The van der Waals surface area contributed by atoms with Crippen LogP contribution in [0.5, 0.6) is 0 Å². The lowest BCUT2D eigenvalue weighted by Crippen LogP contribution is -2.21. The van der Waals surface area contributed by atoms with Crippen LogP contribution in [-0.2, 0) is 9.53 Å². The molecule has 0 aliphatic heterocycles. The summed E-state index contributed by atoms with van der Waals surface area (Å²) in [5.41, 5.74) is 1.83. The minimum atomic E-state index is -0.560. The summed E-state index contributed by atoms with van der Waals surface area (Å²) < 4.78 is 5.10. The number of anilines is 1. The minimum Gasteiger partial charge on any atom is -0.451 e. The fourth-order valence-corrected chi connectivity index (χ4v) is 2.86. The number of aromatic amines is 1. The second kappa shape index (κ2) is 6.72. The molecule has 0 unspecified atom stereocenters. The summed E-state index contributed by atoms with van der Waals surface area (Å²) in [6.45, 7) is -0.346. The fraction of sp³-hybridized carbons (Fsp3) is 0.0476. The molecule has 1 heterocycles. The van der Waals surface area contributed by atoms with Crippen LogP contribution in [-0.4, -0.2) is 23.5 Å². The lowest BCUT2D eigenvalue weighted by molar-refractivity contribution is -0.119. The molecule has 0 aliphatic carbocycles. The number of hydrogen-bond acceptors (Lipinski definition) is 3. The number of rotatable bonds is 4. The Bertz CT molecular complexity index is 1080. The van der Waals surface area contributed by atoms with Crippen LogP contribution >= 0.6 is 0 Å². The van der Waals surface area contributed by atoms with Gasteiger partial charge in [-0.25, -0.2) is 4.79 Å². The average Bonchev–Trinajstić information content (AvgIpc) is 3.10. The zero-order valence-electron chi connectivity index (χ0n) is 13.9. The van der Waals surface area contributed by atoms with E-state index >= 15 is 0 Å². The zero-order chi connectivity index (χ0) is 17.9. The number of aromatic nitrogens is 1. The topological polar surface area (TPSA) is 71.2 Å². The lowest BCUT2D eigenvalue weighted by Gasteiger charge is -2.07. The third-order valence-electron chi connectivity index (χ3n) is 4.12. The number of H-pyrrole nitrogens is 1. The summed E-state index contributed by atoms with van der Waals surface area (Å²) >= 11 is 0. The van der Waals surface area contributed by atoms with Crippen LogP contribution in [0.25, 0.3) is 21.7 Å². The van der Waals surface area contributed by atoms with E-state index in [0.29, 0.717) is 11.4 Å². The van der Waals surface area contributed by atoms with Crippen LogP contribution < -0.4 is 5.32 Å². The van der Waals surface area contributed by atoms with E-state index in [2.05, 4.69) is 10.3 Å². The van der Waals surface area contributed by atoms with Gasteiger partial charge in [0, 0.05) is 16.6 Å². The van der Waals surface area contributed by atoms with Gasteiger partial charge in [0.05, 0.1) is 0 Å². The Morgan fingerprint density at radius 2 is 1.58 bits per heavy atom. The summed E-state index contributed by atoms with van der Waals surface area (Å²) in [4.78, 5) is 27.2. The Balaban J connectivity index is 1.38. The van der Waals surface area contributed by atoms with Crippen LogP contribution in [0.2, 0.25) is 0 Å². The first-order valence-corrected chi connectivity index (χ1v) is 8.22. The smallest absolute Gasteiger partial charge is 0.355 e. The van der Waals surface area contributed by atoms with Crippen LogP contribution in [0, 0.1) is 0 Å². The zero-order valence-corrected chi connectivity index (χ0v) is 13.9. The van der Waals surface area contributed by atoms with E-state index in [9.17, 15) is 9.59 Å². The first kappa shape index (κ1) is 15.9. The maximum atomic E-state index is 12.1.